The summed E-state index contributed by atoms with van der Waals surface area (Å²) >= 11 is 0. The molecule has 1 aliphatic rings. The highest BCUT2D eigenvalue weighted by Crippen LogP contribution is 2.34. The fraction of sp³-hybridized carbons (Fsp3) is 0.909. The van der Waals surface area contributed by atoms with Crippen molar-refractivity contribution in [1.29, 1.82) is 0 Å². The minimum absolute atomic E-state index is 0.0307. The van der Waals surface area contributed by atoms with Gasteiger partial charge in [0.2, 0.25) is 5.91 Å². The zero-order valence-corrected chi connectivity index (χ0v) is 9.68. The predicted molar refractivity (Wildman–Crippen MR) is 59.6 cm³/mol. The van der Waals surface area contributed by atoms with Crippen molar-refractivity contribution in [2.75, 3.05) is 13.2 Å². The lowest BCUT2D eigenvalue weighted by Gasteiger charge is -2.20. The highest BCUT2D eigenvalue weighted by molar-refractivity contribution is 5.81. The molecule has 1 unspecified atom stereocenters. The zero-order chi connectivity index (χ0) is 11.3. The summed E-state index contributed by atoms with van der Waals surface area (Å²) in [5, 5.41) is 15.2. The average molecular weight is 214 g/mol. The van der Waals surface area contributed by atoms with Gasteiger partial charge in [0.05, 0.1) is 12.6 Å². The third-order valence-corrected chi connectivity index (χ3v) is 2.90. The van der Waals surface area contributed by atoms with Gasteiger partial charge in [-0.3, -0.25) is 10.1 Å². The summed E-state index contributed by atoms with van der Waals surface area (Å²) in [6.07, 6.45) is 4.04. The Hall–Kier alpha value is -0.610. The number of hydrogen-bond acceptors (Lipinski definition) is 3. The smallest absolute Gasteiger partial charge is 0.236 e. The van der Waals surface area contributed by atoms with Crippen LogP contribution in [0, 0.1) is 0 Å². The molecule has 4 heteroatoms. The fourth-order valence-electron chi connectivity index (χ4n) is 1.57. The van der Waals surface area contributed by atoms with Crippen LogP contribution in [-0.4, -0.2) is 35.7 Å². The maximum atomic E-state index is 11.6. The molecular weight excluding hydrogens is 192 g/mol. The lowest BCUT2D eigenvalue weighted by molar-refractivity contribution is -0.123. The molecule has 1 atom stereocenters. The van der Waals surface area contributed by atoms with E-state index >= 15 is 0 Å². The van der Waals surface area contributed by atoms with Crippen LogP contribution in [0.25, 0.3) is 0 Å². The van der Waals surface area contributed by atoms with Gasteiger partial charge in [0, 0.05) is 12.1 Å². The summed E-state index contributed by atoms with van der Waals surface area (Å²) < 4.78 is 0. The first-order chi connectivity index (χ1) is 7.13. The lowest BCUT2D eigenvalue weighted by Crippen LogP contribution is -2.49. The summed E-state index contributed by atoms with van der Waals surface area (Å²) in [5.41, 5.74) is -0.165. The Labute approximate surface area is 91.4 Å². The summed E-state index contributed by atoms with van der Waals surface area (Å²) in [7, 11) is 0. The van der Waals surface area contributed by atoms with Gasteiger partial charge in [0.25, 0.3) is 0 Å². The molecule has 0 saturated heterocycles. The van der Waals surface area contributed by atoms with Crippen LogP contribution in [0.1, 0.15) is 39.5 Å². The molecule has 0 bridgehead atoms. The van der Waals surface area contributed by atoms with Crippen molar-refractivity contribution < 1.29 is 9.90 Å². The van der Waals surface area contributed by atoms with Crippen LogP contribution < -0.4 is 10.6 Å². The second-order valence-electron chi connectivity index (χ2n) is 4.45. The maximum Gasteiger partial charge on any atom is 0.236 e. The van der Waals surface area contributed by atoms with Crippen LogP contribution in [0.3, 0.4) is 0 Å². The van der Waals surface area contributed by atoms with Gasteiger partial charge >= 0.3 is 0 Å². The highest BCUT2D eigenvalue weighted by atomic mass is 16.3. The zero-order valence-electron chi connectivity index (χ0n) is 9.68. The minimum Gasteiger partial charge on any atom is -0.394 e. The second kappa shape index (κ2) is 5.47. The Kier molecular flexibility index (Phi) is 4.54. The molecule has 1 rings (SSSR count). The summed E-state index contributed by atoms with van der Waals surface area (Å²) in [4.78, 5) is 11.6. The number of carbonyl (C=O) groups is 1. The lowest BCUT2D eigenvalue weighted by atomic mass is 10.2. The van der Waals surface area contributed by atoms with E-state index in [0.29, 0.717) is 0 Å². The van der Waals surface area contributed by atoms with Gasteiger partial charge in [-0.2, -0.15) is 0 Å². The summed E-state index contributed by atoms with van der Waals surface area (Å²) in [6, 6.07) is -0.212. The van der Waals surface area contributed by atoms with Crippen molar-refractivity contribution >= 4 is 5.91 Å². The molecule has 0 aromatic carbocycles. The number of aliphatic hydroxyl groups is 1. The van der Waals surface area contributed by atoms with Crippen LogP contribution in [0.5, 0.6) is 0 Å². The summed E-state index contributed by atoms with van der Waals surface area (Å²) in [6.45, 7) is 4.81. The number of hydrogen-bond donors (Lipinski definition) is 3. The minimum atomic E-state index is -0.212. The van der Waals surface area contributed by atoms with E-state index in [0.717, 1.165) is 32.2 Å². The second-order valence-corrected chi connectivity index (χ2v) is 4.45. The van der Waals surface area contributed by atoms with Crippen LogP contribution >= 0.6 is 0 Å². The molecular formula is C11H22N2O2. The van der Waals surface area contributed by atoms with Crippen molar-refractivity contribution in [2.45, 2.75) is 51.1 Å². The molecule has 3 N–H and O–H groups in total. The fourth-order valence-corrected chi connectivity index (χ4v) is 1.57. The monoisotopic (exact) mass is 214 g/mol. The van der Waals surface area contributed by atoms with E-state index in [1.54, 1.807) is 0 Å². The van der Waals surface area contributed by atoms with Gasteiger partial charge in [-0.25, -0.2) is 0 Å². The van der Waals surface area contributed by atoms with Gasteiger partial charge < -0.3 is 10.4 Å². The number of rotatable bonds is 7. The number of amides is 1. The van der Waals surface area contributed by atoms with Crippen LogP contribution in [-0.2, 0) is 4.79 Å². The quantitative estimate of drug-likeness (QED) is 0.538. The van der Waals surface area contributed by atoms with Crippen LogP contribution in [0.4, 0.5) is 0 Å². The Bertz CT molecular complexity index is 215. The molecule has 0 aliphatic heterocycles. The SMILES string of the molecule is CCCCNC(=O)C(C)NC1(CO)CC1. The van der Waals surface area contributed by atoms with E-state index in [4.69, 9.17) is 5.11 Å². The number of carbonyl (C=O) groups excluding carboxylic acids is 1. The normalized spacial score (nSPS) is 19.7. The molecule has 15 heavy (non-hydrogen) atoms. The molecule has 1 saturated carbocycles. The van der Waals surface area contributed by atoms with Gasteiger partial charge in [-0.15, -0.1) is 0 Å². The summed E-state index contributed by atoms with van der Waals surface area (Å²) in [5.74, 6) is 0.0307. The van der Waals surface area contributed by atoms with Gasteiger partial charge in [-0.1, -0.05) is 13.3 Å². The van der Waals surface area contributed by atoms with Crippen molar-refractivity contribution in [3.05, 3.63) is 0 Å². The Morgan fingerprint density at radius 1 is 1.53 bits per heavy atom. The Morgan fingerprint density at radius 3 is 2.67 bits per heavy atom. The average Bonchev–Trinajstić information content (AvgIpc) is 2.98. The third kappa shape index (κ3) is 3.80. The first-order valence-corrected chi connectivity index (χ1v) is 5.80. The third-order valence-electron chi connectivity index (χ3n) is 2.90. The molecule has 0 radical (unpaired) electrons. The van der Waals surface area contributed by atoms with Gasteiger partial charge in [0.1, 0.15) is 0 Å². The molecule has 0 aromatic rings. The van der Waals surface area contributed by atoms with E-state index in [1.165, 1.54) is 0 Å². The number of aliphatic hydroxyl groups excluding tert-OH is 1. The van der Waals surface area contributed by atoms with Gasteiger partial charge in [0.15, 0.2) is 0 Å². The van der Waals surface area contributed by atoms with Crippen molar-refractivity contribution in [3.8, 4) is 0 Å². The van der Waals surface area contributed by atoms with Crippen molar-refractivity contribution in [3.63, 3.8) is 0 Å². The molecule has 1 aliphatic carbocycles. The predicted octanol–water partition coefficient (Wildman–Crippen LogP) is 0.406. The number of unbranched alkanes of at least 4 members (excludes halogenated alkanes) is 1. The molecule has 88 valence electrons. The molecule has 1 amide bonds. The Morgan fingerprint density at radius 2 is 2.20 bits per heavy atom. The van der Waals surface area contributed by atoms with E-state index in [9.17, 15) is 4.79 Å². The largest absolute Gasteiger partial charge is 0.394 e. The maximum absolute atomic E-state index is 11.6. The molecule has 0 spiro atoms. The van der Waals surface area contributed by atoms with Crippen LogP contribution in [0.15, 0.2) is 0 Å². The van der Waals surface area contributed by atoms with E-state index < -0.39 is 0 Å². The Balaban J connectivity index is 2.21. The first kappa shape index (κ1) is 12.5. The molecule has 0 heterocycles. The van der Waals surface area contributed by atoms with Gasteiger partial charge in [-0.05, 0) is 26.2 Å². The van der Waals surface area contributed by atoms with E-state index in [-0.39, 0.29) is 24.1 Å². The highest BCUT2D eigenvalue weighted by Gasteiger charge is 2.43. The molecule has 4 nitrogen and oxygen atoms in total. The first-order valence-electron chi connectivity index (χ1n) is 5.80. The van der Waals surface area contributed by atoms with Crippen molar-refractivity contribution in [1.82, 2.24) is 10.6 Å². The number of nitrogens with one attached hydrogen (secondary N) is 2. The van der Waals surface area contributed by atoms with E-state index in [2.05, 4.69) is 17.6 Å². The topological polar surface area (TPSA) is 61.4 Å². The standard InChI is InChI=1S/C11H22N2O2/c1-3-4-7-12-10(15)9(2)13-11(8-14)5-6-11/h9,13-14H,3-8H2,1-2H3,(H,12,15). The van der Waals surface area contributed by atoms with E-state index in [1.807, 2.05) is 6.92 Å². The molecule has 0 aromatic heterocycles. The van der Waals surface area contributed by atoms with Crippen molar-refractivity contribution in [2.24, 2.45) is 0 Å². The van der Waals surface area contributed by atoms with Crippen LogP contribution in [0.2, 0.25) is 0 Å². The molecule has 1 fully saturated rings.